The summed E-state index contributed by atoms with van der Waals surface area (Å²) >= 11 is 0. The predicted octanol–water partition coefficient (Wildman–Crippen LogP) is 6.51. The van der Waals surface area contributed by atoms with E-state index in [0.29, 0.717) is 41.4 Å². The molecule has 0 radical (unpaired) electrons. The highest BCUT2D eigenvalue weighted by Gasteiger charge is 2.22. The third-order valence-electron chi connectivity index (χ3n) is 5.57. The SMILES string of the molecule is CCCCOc1ccc(C(=O)Oc2ccc(O)c(C)c2C(=O)c2ccc(OCCCC)cc2)cc1. The highest BCUT2D eigenvalue weighted by Crippen LogP contribution is 2.32. The van der Waals surface area contributed by atoms with Crippen molar-refractivity contribution in [2.75, 3.05) is 13.2 Å². The number of rotatable bonds is 12. The summed E-state index contributed by atoms with van der Waals surface area (Å²) in [5.41, 5.74) is 1.19. The number of phenolic OH excluding ortho intramolecular Hbond substituents is 1. The first-order chi connectivity index (χ1) is 16.9. The topological polar surface area (TPSA) is 82.1 Å². The van der Waals surface area contributed by atoms with Crippen LogP contribution >= 0.6 is 0 Å². The van der Waals surface area contributed by atoms with Gasteiger partial charge in [0.1, 0.15) is 23.0 Å². The summed E-state index contributed by atoms with van der Waals surface area (Å²) in [4.78, 5) is 26.1. The Morgan fingerprint density at radius 3 is 1.77 bits per heavy atom. The molecule has 3 rings (SSSR count). The molecule has 0 aliphatic carbocycles. The largest absolute Gasteiger partial charge is 0.508 e. The molecule has 1 N–H and O–H groups in total. The third-order valence-corrected chi connectivity index (χ3v) is 5.57. The van der Waals surface area contributed by atoms with Crippen LogP contribution in [0.15, 0.2) is 60.7 Å². The Hall–Kier alpha value is -3.80. The molecule has 6 nitrogen and oxygen atoms in total. The Labute approximate surface area is 206 Å². The maximum absolute atomic E-state index is 13.3. The fraction of sp³-hybridized carbons (Fsp3) is 0.310. The van der Waals surface area contributed by atoms with Gasteiger partial charge < -0.3 is 19.3 Å². The molecule has 0 amide bonds. The molecule has 3 aromatic carbocycles. The van der Waals surface area contributed by atoms with E-state index in [1.165, 1.54) is 12.1 Å². The molecule has 35 heavy (non-hydrogen) atoms. The standard InChI is InChI=1S/C29H32O6/c1-4-6-18-33-23-12-8-21(9-13-23)28(31)27-20(3)25(30)16-17-26(27)35-29(32)22-10-14-24(15-11-22)34-19-7-5-2/h8-17,30H,4-7,18-19H2,1-3H3. The second-order valence-electron chi connectivity index (χ2n) is 8.25. The van der Waals surface area contributed by atoms with Crippen molar-refractivity contribution in [2.45, 2.75) is 46.5 Å². The number of esters is 1. The van der Waals surface area contributed by atoms with E-state index in [9.17, 15) is 14.7 Å². The van der Waals surface area contributed by atoms with Gasteiger partial charge in [-0.1, -0.05) is 26.7 Å². The number of aromatic hydroxyl groups is 1. The summed E-state index contributed by atoms with van der Waals surface area (Å²) in [6, 6.07) is 16.3. The van der Waals surface area contributed by atoms with E-state index in [4.69, 9.17) is 14.2 Å². The second-order valence-corrected chi connectivity index (χ2v) is 8.25. The summed E-state index contributed by atoms with van der Waals surface area (Å²) in [6.45, 7) is 7.02. The molecule has 0 aliphatic heterocycles. The number of carbonyl (C=O) groups is 2. The lowest BCUT2D eigenvalue weighted by atomic mass is 9.97. The van der Waals surface area contributed by atoms with Crippen LogP contribution in [0.3, 0.4) is 0 Å². The van der Waals surface area contributed by atoms with Gasteiger partial charge in [0.25, 0.3) is 0 Å². The van der Waals surface area contributed by atoms with Gasteiger partial charge in [-0.3, -0.25) is 4.79 Å². The lowest BCUT2D eigenvalue weighted by Gasteiger charge is -2.14. The quantitative estimate of drug-likeness (QED) is 0.139. The monoisotopic (exact) mass is 476 g/mol. The number of carbonyl (C=O) groups excluding carboxylic acids is 2. The van der Waals surface area contributed by atoms with Gasteiger partial charge in [-0.2, -0.15) is 0 Å². The third kappa shape index (κ3) is 6.85. The van der Waals surface area contributed by atoms with E-state index in [-0.39, 0.29) is 22.8 Å². The van der Waals surface area contributed by atoms with E-state index in [1.807, 2.05) is 0 Å². The van der Waals surface area contributed by atoms with Gasteiger partial charge in [0.2, 0.25) is 0 Å². The van der Waals surface area contributed by atoms with E-state index < -0.39 is 5.97 Å². The number of benzene rings is 3. The van der Waals surface area contributed by atoms with Gasteiger partial charge in [-0.15, -0.1) is 0 Å². The van der Waals surface area contributed by atoms with E-state index in [1.54, 1.807) is 55.5 Å². The summed E-state index contributed by atoms with van der Waals surface area (Å²) in [5, 5.41) is 10.2. The van der Waals surface area contributed by atoms with Crippen LogP contribution in [-0.4, -0.2) is 30.1 Å². The van der Waals surface area contributed by atoms with Crippen molar-refractivity contribution >= 4 is 11.8 Å². The van der Waals surface area contributed by atoms with Crippen molar-refractivity contribution in [3.05, 3.63) is 82.9 Å². The smallest absolute Gasteiger partial charge is 0.343 e. The van der Waals surface area contributed by atoms with Crippen molar-refractivity contribution in [1.29, 1.82) is 0 Å². The first kappa shape index (κ1) is 25.8. The van der Waals surface area contributed by atoms with Gasteiger partial charge in [-0.25, -0.2) is 4.79 Å². The van der Waals surface area contributed by atoms with Crippen molar-refractivity contribution < 1.29 is 28.9 Å². The number of ether oxygens (including phenoxy) is 3. The maximum Gasteiger partial charge on any atom is 0.343 e. The molecule has 3 aromatic rings. The first-order valence-electron chi connectivity index (χ1n) is 12.0. The number of hydrogen-bond donors (Lipinski definition) is 1. The fourth-order valence-corrected chi connectivity index (χ4v) is 3.40. The normalized spacial score (nSPS) is 10.6. The Balaban J connectivity index is 1.79. The minimum absolute atomic E-state index is 0.0544. The molecule has 0 fully saturated rings. The molecular weight excluding hydrogens is 444 g/mol. The Morgan fingerprint density at radius 1 is 0.743 bits per heavy atom. The molecular formula is C29H32O6. The molecule has 0 aliphatic rings. The molecule has 184 valence electrons. The van der Waals surface area contributed by atoms with Crippen molar-refractivity contribution in [2.24, 2.45) is 0 Å². The predicted molar refractivity (Wildman–Crippen MR) is 135 cm³/mol. The van der Waals surface area contributed by atoms with Crippen molar-refractivity contribution in [3.8, 4) is 23.0 Å². The minimum Gasteiger partial charge on any atom is -0.508 e. The van der Waals surface area contributed by atoms with Crippen LogP contribution in [0.1, 0.15) is 71.4 Å². The zero-order valence-electron chi connectivity index (χ0n) is 20.5. The van der Waals surface area contributed by atoms with Gasteiger partial charge in [-0.05, 0) is 80.4 Å². The molecule has 0 heterocycles. The van der Waals surface area contributed by atoms with Gasteiger partial charge in [0.15, 0.2) is 5.78 Å². The van der Waals surface area contributed by atoms with Crippen molar-refractivity contribution in [3.63, 3.8) is 0 Å². The molecule has 0 saturated carbocycles. The number of phenols is 1. The zero-order chi connectivity index (χ0) is 25.2. The first-order valence-corrected chi connectivity index (χ1v) is 12.0. The molecule has 0 spiro atoms. The molecule has 6 heteroatoms. The average molecular weight is 477 g/mol. The van der Waals surface area contributed by atoms with Crippen LogP contribution < -0.4 is 14.2 Å². The summed E-state index contributed by atoms with van der Waals surface area (Å²) in [6.07, 6.45) is 3.97. The minimum atomic E-state index is -0.607. The Morgan fingerprint density at radius 2 is 1.26 bits per heavy atom. The molecule has 0 saturated heterocycles. The van der Waals surface area contributed by atoms with Gasteiger partial charge in [0.05, 0.1) is 24.3 Å². The lowest BCUT2D eigenvalue weighted by molar-refractivity contribution is 0.0732. The number of hydrogen-bond acceptors (Lipinski definition) is 6. The lowest BCUT2D eigenvalue weighted by Crippen LogP contribution is -2.13. The zero-order valence-corrected chi connectivity index (χ0v) is 20.5. The average Bonchev–Trinajstić information content (AvgIpc) is 2.87. The Kier molecular flexibility index (Phi) is 9.30. The van der Waals surface area contributed by atoms with Crippen molar-refractivity contribution in [1.82, 2.24) is 0 Å². The van der Waals surface area contributed by atoms with Crippen LogP contribution in [0.25, 0.3) is 0 Å². The van der Waals surface area contributed by atoms with E-state index in [0.717, 1.165) is 25.7 Å². The van der Waals surface area contributed by atoms with Gasteiger partial charge >= 0.3 is 5.97 Å². The number of unbranched alkanes of at least 4 members (excludes halogenated alkanes) is 2. The summed E-state index contributed by atoms with van der Waals surface area (Å²) < 4.78 is 16.9. The van der Waals surface area contributed by atoms with Crippen LogP contribution in [0.5, 0.6) is 23.0 Å². The van der Waals surface area contributed by atoms with Crippen LogP contribution in [0.2, 0.25) is 0 Å². The van der Waals surface area contributed by atoms with E-state index in [2.05, 4.69) is 13.8 Å². The van der Waals surface area contributed by atoms with Crippen LogP contribution in [0.4, 0.5) is 0 Å². The Bertz CT molecular complexity index is 1130. The fourth-order valence-electron chi connectivity index (χ4n) is 3.40. The summed E-state index contributed by atoms with van der Waals surface area (Å²) in [7, 11) is 0. The second kappa shape index (κ2) is 12.6. The maximum atomic E-state index is 13.3. The molecule has 0 unspecified atom stereocenters. The molecule has 0 bridgehead atoms. The molecule has 0 aromatic heterocycles. The van der Waals surface area contributed by atoms with Crippen LogP contribution in [0, 0.1) is 6.92 Å². The highest BCUT2D eigenvalue weighted by atomic mass is 16.5. The molecule has 0 atom stereocenters. The van der Waals surface area contributed by atoms with Crippen LogP contribution in [-0.2, 0) is 0 Å². The number of ketones is 1. The highest BCUT2D eigenvalue weighted by molar-refractivity contribution is 6.12. The van der Waals surface area contributed by atoms with Gasteiger partial charge in [0, 0.05) is 11.1 Å². The van der Waals surface area contributed by atoms with E-state index >= 15 is 0 Å². The summed E-state index contributed by atoms with van der Waals surface area (Å²) in [5.74, 6) is 0.415.